The standard InChI is InChI=1S/C9H6F5NO2/c10-8(11)7(16)5-1-2-15-6(3-5)17-4-9(12,13)14/h1-3,8H,4H2. The largest absolute Gasteiger partial charge is 0.468 e. The molecule has 0 aliphatic carbocycles. The molecular formula is C9H6F5NO2. The zero-order valence-electron chi connectivity index (χ0n) is 8.17. The summed E-state index contributed by atoms with van der Waals surface area (Å²) in [5, 5.41) is 0. The molecule has 8 heteroatoms. The fourth-order valence-corrected chi connectivity index (χ4v) is 0.923. The molecule has 0 spiro atoms. The van der Waals surface area contributed by atoms with Gasteiger partial charge >= 0.3 is 12.6 Å². The highest BCUT2D eigenvalue weighted by molar-refractivity contribution is 5.98. The first-order valence-electron chi connectivity index (χ1n) is 4.27. The summed E-state index contributed by atoms with van der Waals surface area (Å²) in [5.74, 6) is -2.03. The van der Waals surface area contributed by atoms with Crippen LogP contribution >= 0.6 is 0 Å². The summed E-state index contributed by atoms with van der Waals surface area (Å²) in [6.45, 7) is -1.60. The minimum absolute atomic E-state index is 0.452. The fraction of sp³-hybridized carbons (Fsp3) is 0.333. The molecule has 1 aromatic rings. The fourth-order valence-electron chi connectivity index (χ4n) is 0.923. The van der Waals surface area contributed by atoms with Crippen LogP contribution in [0.2, 0.25) is 0 Å². The van der Waals surface area contributed by atoms with E-state index in [1.165, 1.54) is 0 Å². The molecule has 1 rings (SSSR count). The number of nitrogens with zero attached hydrogens (tertiary/aromatic N) is 1. The molecular weight excluding hydrogens is 249 g/mol. The van der Waals surface area contributed by atoms with Gasteiger partial charge in [0, 0.05) is 17.8 Å². The lowest BCUT2D eigenvalue weighted by molar-refractivity contribution is -0.154. The van der Waals surface area contributed by atoms with Gasteiger partial charge in [0.1, 0.15) is 0 Å². The lowest BCUT2D eigenvalue weighted by atomic mass is 10.2. The van der Waals surface area contributed by atoms with Crippen LogP contribution < -0.4 is 4.74 Å². The van der Waals surface area contributed by atoms with Crippen molar-refractivity contribution in [3.63, 3.8) is 0 Å². The van der Waals surface area contributed by atoms with Crippen molar-refractivity contribution in [3.8, 4) is 5.88 Å². The van der Waals surface area contributed by atoms with Gasteiger partial charge in [0.25, 0.3) is 0 Å². The van der Waals surface area contributed by atoms with Crippen molar-refractivity contribution in [2.24, 2.45) is 0 Å². The van der Waals surface area contributed by atoms with Gasteiger partial charge in [-0.1, -0.05) is 0 Å². The van der Waals surface area contributed by atoms with E-state index in [-0.39, 0.29) is 0 Å². The summed E-state index contributed by atoms with van der Waals surface area (Å²) in [5.41, 5.74) is -0.452. The second-order valence-corrected chi connectivity index (χ2v) is 2.95. The quantitative estimate of drug-likeness (QED) is 0.612. The first-order valence-corrected chi connectivity index (χ1v) is 4.27. The molecule has 0 amide bonds. The third kappa shape index (κ3) is 4.33. The SMILES string of the molecule is O=C(c1ccnc(OCC(F)(F)F)c1)C(F)F. The van der Waals surface area contributed by atoms with Crippen molar-refractivity contribution >= 4 is 5.78 Å². The number of aromatic nitrogens is 1. The Balaban J connectivity index is 2.76. The van der Waals surface area contributed by atoms with Gasteiger partial charge in [-0.25, -0.2) is 13.8 Å². The van der Waals surface area contributed by atoms with Crippen molar-refractivity contribution in [2.45, 2.75) is 12.6 Å². The van der Waals surface area contributed by atoms with E-state index in [4.69, 9.17) is 0 Å². The Morgan fingerprint density at radius 3 is 2.59 bits per heavy atom. The number of rotatable bonds is 4. The molecule has 0 fully saturated rings. The smallest absolute Gasteiger partial charge is 0.422 e. The number of halogens is 5. The maximum Gasteiger partial charge on any atom is 0.422 e. The normalized spacial score (nSPS) is 11.6. The van der Waals surface area contributed by atoms with Crippen LogP contribution in [0.15, 0.2) is 18.3 Å². The Morgan fingerprint density at radius 1 is 1.41 bits per heavy atom. The van der Waals surface area contributed by atoms with Gasteiger partial charge in [0.2, 0.25) is 11.7 Å². The van der Waals surface area contributed by atoms with E-state index in [2.05, 4.69) is 9.72 Å². The van der Waals surface area contributed by atoms with Gasteiger partial charge in [0.05, 0.1) is 0 Å². The van der Waals surface area contributed by atoms with Crippen molar-refractivity contribution in [1.82, 2.24) is 4.98 Å². The topological polar surface area (TPSA) is 39.2 Å². The molecule has 0 atom stereocenters. The second kappa shape index (κ2) is 5.07. The summed E-state index contributed by atoms with van der Waals surface area (Å²) in [6.07, 6.45) is -6.88. The summed E-state index contributed by atoms with van der Waals surface area (Å²) < 4.78 is 63.6. The Bertz CT molecular complexity index is 405. The molecule has 0 aliphatic rings. The maximum atomic E-state index is 12.0. The summed E-state index contributed by atoms with van der Waals surface area (Å²) >= 11 is 0. The maximum absolute atomic E-state index is 12.0. The lowest BCUT2D eigenvalue weighted by Gasteiger charge is -2.08. The van der Waals surface area contributed by atoms with Crippen molar-refractivity contribution in [3.05, 3.63) is 23.9 Å². The van der Waals surface area contributed by atoms with E-state index < -0.39 is 36.4 Å². The number of hydrogen-bond donors (Lipinski definition) is 0. The Kier molecular flexibility index (Phi) is 3.97. The number of hydrogen-bond acceptors (Lipinski definition) is 3. The third-order valence-corrected chi connectivity index (χ3v) is 1.60. The molecule has 1 aromatic heterocycles. The zero-order chi connectivity index (χ0) is 13.1. The summed E-state index contributed by atoms with van der Waals surface area (Å²) in [6, 6.07) is 1.70. The molecule has 0 N–H and O–H groups in total. The molecule has 3 nitrogen and oxygen atoms in total. The van der Waals surface area contributed by atoms with Crippen LogP contribution in [0.1, 0.15) is 10.4 Å². The number of pyridine rings is 1. The summed E-state index contributed by atoms with van der Waals surface area (Å²) in [7, 11) is 0. The Morgan fingerprint density at radius 2 is 2.06 bits per heavy atom. The minimum atomic E-state index is -4.57. The molecule has 0 aliphatic heterocycles. The van der Waals surface area contributed by atoms with Crippen molar-refractivity contribution < 1.29 is 31.5 Å². The Hall–Kier alpha value is -1.73. The van der Waals surface area contributed by atoms with Gasteiger partial charge < -0.3 is 4.74 Å². The molecule has 0 saturated heterocycles. The third-order valence-electron chi connectivity index (χ3n) is 1.60. The average molecular weight is 255 g/mol. The van der Waals surface area contributed by atoms with Gasteiger partial charge in [-0.15, -0.1) is 0 Å². The first kappa shape index (κ1) is 13.3. The number of carbonyl (C=O) groups is 1. The van der Waals surface area contributed by atoms with E-state index in [1.807, 2.05) is 0 Å². The molecule has 0 saturated carbocycles. The molecule has 0 bridgehead atoms. The molecule has 0 unspecified atom stereocenters. The molecule has 1 heterocycles. The average Bonchev–Trinajstić information content (AvgIpc) is 2.24. The van der Waals surface area contributed by atoms with Crippen LogP contribution in [0.3, 0.4) is 0 Å². The zero-order valence-corrected chi connectivity index (χ0v) is 8.17. The number of ether oxygens (including phenoxy) is 1. The summed E-state index contributed by atoms with van der Waals surface area (Å²) in [4.78, 5) is 14.2. The highest BCUT2D eigenvalue weighted by Crippen LogP contribution is 2.18. The van der Waals surface area contributed by atoms with Gasteiger partial charge in [-0.3, -0.25) is 4.79 Å². The monoisotopic (exact) mass is 255 g/mol. The van der Waals surface area contributed by atoms with Gasteiger partial charge in [0.15, 0.2) is 6.61 Å². The van der Waals surface area contributed by atoms with Gasteiger partial charge in [-0.2, -0.15) is 13.2 Å². The molecule has 0 aromatic carbocycles. The van der Waals surface area contributed by atoms with E-state index in [0.717, 1.165) is 18.3 Å². The van der Waals surface area contributed by atoms with Crippen LogP contribution in [-0.2, 0) is 0 Å². The van der Waals surface area contributed by atoms with Crippen LogP contribution in [0.5, 0.6) is 5.88 Å². The van der Waals surface area contributed by atoms with Crippen LogP contribution in [-0.4, -0.2) is 30.0 Å². The predicted molar refractivity (Wildman–Crippen MR) is 46.1 cm³/mol. The highest BCUT2D eigenvalue weighted by Gasteiger charge is 2.29. The Labute approximate surface area is 92.2 Å². The van der Waals surface area contributed by atoms with E-state index in [0.29, 0.717) is 0 Å². The number of carbonyl (C=O) groups excluding carboxylic acids is 1. The lowest BCUT2D eigenvalue weighted by Crippen LogP contribution is -2.20. The molecule has 0 radical (unpaired) electrons. The van der Waals surface area contributed by atoms with Crippen molar-refractivity contribution in [1.29, 1.82) is 0 Å². The first-order chi connectivity index (χ1) is 7.79. The van der Waals surface area contributed by atoms with Crippen LogP contribution in [0.25, 0.3) is 0 Å². The molecule has 17 heavy (non-hydrogen) atoms. The van der Waals surface area contributed by atoms with E-state index >= 15 is 0 Å². The molecule has 94 valence electrons. The van der Waals surface area contributed by atoms with Crippen LogP contribution in [0.4, 0.5) is 22.0 Å². The second-order valence-electron chi connectivity index (χ2n) is 2.95. The number of ketones is 1. The minimum Gasteiger partial charge on any atom is -0.468 e. The van der Waals surface area contributed by atoms with E-state index in [9.17, 15) is 26.7 Å². The number of Topliss-reactive ketones (excluding diaryl/α,β-unsaturated/α-hetero) is 1. The van der Waals surface area contributed by atoms with Crippen molar-refractivity contribution in [2.75, 3.05) is 6.61 Å². The number of alkyl halides is 5. The van der Waals surface area contributed by atoms with Gasteiger partial charge in [-0.05, 0) is 6.07 Å². The highest BCUT2D eigenvalue weighted by atomic mass is 19.4. The van der Waals surface area contributed by atoms with Crippen LogP contribution in [0, 0.1) is 0 Å². The van der Waals surface area contributed by atoms with E-state index in [1.54, 1.807) is 0 Å². The predicted octanol–water partition coefficient (Wildman–Crippen LogP) is 2.47.